The summed E-state index contributed by atoms with van der Waals surface area (Å²) < 4.78 is 19.2. The van der Waals surface area contributed by atoms with Gasteiger partial charge < -0.3 is 9.84 Å². The number of carbonyl (C=O) groups is 1. The summed E-state index contributed by atoms with van der Waals surface area (Å²) in [6, 6.07) is 13.8. The lowest BCUT2D eigenvalue weighted by molar-refractivity contribution is 0.0689. The minimum atomic E-state index is -1.28. The largest absolute Gasteiger partial charge is 0.478 e. The van der Waals surface area contributed by atoms with Gasteiger partial charge in [0.15, 0.2) is 0 Å². The molecule has 0 aromatic heterocycles. The third-order valence-electron chi connectivity index (χ3n) is 2.68. The van der Waals surface area contributed by atoms with Crippen molar-refractivity contribution in [1.29, 1.82) is 0 Å². The lowest BCUT2D eigenvalue weighted by atomic mass is 10.1. The summed E-state index contributed by atoms with van der Waals surface area (Å²) in [6.07, 6.45) is 0. The molecule has 19 heavy (non-hydrogen) atoms. The molecule has 0 saturated carbocycles. The Hall–Kier alpha value is -2.20. The predicted molar refractivity (Wildman–Crippen MR) is 68.3 cm³/mol. The third kappa shape index (κ3) is 3.39. The molecule has 0 spiro atoms. The fourth-order valence-electron chi connectivity index (χ4n) is 1.71. The highest BCUT2D eigenvalue weighted by atomic mass is 19.1. The Bertz CT molecular complexity index is 567. The lowest BCUT2D eigenvalue weighted by Crippen LogP contribution is -2.05. The molecule has 0 saturated heterocycles. The van der Waals surface area contributed by atoms with Crippen molar-refractivity contribution in [3.8, 4) is 0 Å². The van der Waals surface area contributed by atoms with Crippen molar-refractivity contribution in [2.24, 2.45) is 0 Å². The monoisotopic (exact) mass is 260 g/mol. The molecule has 0 amide bonds. The Morgan fingerprint density at radius 3 is 2.47 bits per heavy atom. The summed E-state index contributed by atoms with van der Waals surface area (Å²) >= 11 is 0. The summed E-state index contributed by atoms with van der Waals surface area (Å²) in [4.78, 5) is 10.8. The van der Waals surface area contributed by atoms with E-state index in [4.69, 9.17) is 9.84 Å². The number of benzene rings is 2. The van der Waals surface area contributed by atoms with Gasteiger partial charge in [-0.3, -0.25) is 0 Å². The Morgan fingerprint density at radius 1 is 1.05 bits per heavy atom. The molecule has 2 aromatic carbocycles. The molecular formula is C15H13FO3. The van der Waals surface area contributed by atoms with Crippen molar-refractivity contribution < 1.29 is 19.0 Å². The SMILES string of the molecule is O=C(O)c1cccc(COCc2ccccc2)c1F. The van der Waals surface area contributed by atoms with Crippen LogP contribution in [0.5, 0.6) is 0 Å². The Balaban J connectivity index is 2.00. The van der Waals surface area contributed by atoms with E-state index in [1.807, 2.05) is 30.3 Å². The van der Waals surface area contributed by atoms with Crippen LogP contribution >= 0.6 is 0 Å². The highest BCUT2D eigenvalue weighted by molar-refractivity contribution is 5.88. The summed E-state index contributed by atoms with van der Waals surface area (Å²) in [5.74, 6) is -2.01. The van der Waals surface area contributed by atoms with Crippen molar-refractivity contribution in [1.82, 2.24) is 0 Å². The van der Waals surface area contributed by atoms with Gasteiger partial charge in [-0.05, 0) is 11.6 Å². The molecular weight excluding hydrogens is 247 g/mol. The lowest BCUT2D eigenvalue weighted by Gasteiger charge is -2.07. The van der Waals surface area contributed by atoms with E-state index in [1.165, 1.54) is 18.2 Å². The molecule has 0 heterocycles. The third-order valence-corrected chi connectivity index (χ3v) is 2.68. The summed E-state index contributed by atoms with van der Waals surface area (Å²) in [5.41, 5.74) is 0.897. The van der Waals surface area contributed by atoms with Gasteiger partial charge in [-0.2, -0.15) is 0 Å². The van der Waals surface area contributed by atoms with Crippen molar-refractivity contribution >= 4 is 5.97 Å². The fourth-order valence-corrected chi connectivity index (χ4v) is 1.71. The van der Waals surface area contributed by atoms with Crippen LogP contribution in [0, 0.1) is 5.82 Å². The van der Waals surface area contributed by atoms with E-state index in [9.17, 15) is 9.18 Å². The molecule has 0 fully saturated rings. The first-order valence-electron chi connectivity index (χ1n) is 5.81. The van der Waals surface area contributed by atoms with Crippen LogP contribution < -0.4 is 0 Å². The molecule has 2 aromatic rings. The minimum absolute atomic E-state index is 0.0435. The number of carboxylic acids is 1. The fraction of sp³-hybridized carbons (Fsp3) is 0.133. The second kappa shape index (κ2) is 6.11. The molecule has 98 valence electrons. The Labute approximate surface area is 110 Å². The summed E-state index contributed by atoms with van der Waals surface area (Å²) in [6.45, 7) is 0.402. The quantitative estimate of drug-likeness (QED) is 0.897. The van der Waals surface area contributed by atoms with Crippen molar-refractivity contribution in [2.75, 3.05) is 0 Å². The molecule has 0 atom stereocenters. The van der Waals surface area contributed by atoms with Gasteiger partial charge in [0, 0.05) is 5.56 Å². The molecule has 1 N–H and O–H groups in total. The number of rotatable bonds is 5. The van der Waals surface area contributed by atoms with Gasteiger partial charge in [0.05, 0.1) is 18.8 Å². The zero-order chi connectivity index (χ0) is 13.7. The number of aromatic carboxylic acids is 1. The van der Waals surface area contributed by atoms with Gasteiger partial charge in [0.25, 0.3) is 0 Å². The van der Waals surface area contributed by atoms with Crippen LogP contribution in [0.15, 0.2) is 48.5 Å². The molecule has 2 rings (SSSR count). The first kappa shape index (κ1) is 13.2. The maximum absolute atomic E-state index is 13.8. The molecule has 0 aliphatic heterocycles. The zero-order valence-electron chi connectivity index (χ0n) is 10.2. The molecule has 0 unspecified atom stereocenters. The predicted octanol–water partition coefficient (Wildman–Crippen LogP) is 3.24. The normalized spacial score (nSPS) is 10.4. The van der Waals surface area contributed by atoms with Crippen LogP contribution in [0.25, 0.3) is 0 Å². The van der Waals surface area contributed by atoms with Gasteiger partial charge in [-0.1, -0.05) is 42.5 Å². The van der Waals surface area contributed by atoms with Crippen LogP contribution in [0.3, 0.4) is 0 Å². The van der Waals surface area contributed by atoms with Gasteiger partial charge in [0.1, 0.15) is 5.82 Å². The van der Waals surface area contributed by atoms with E-state index in [0.717, 1.165) is 5.56 Å². The first-order valence-corrected chi connectivity index (χ1v) is 5.81. The van der Waals surface area contributed by atoms with E-state index in [0.29, 0.717) is 6.61 Å². The van der Waals surface area contributed by atoms with Crippen LogP contribution in [-0.2, 0) is 18.0 Å². The van der Waals surface area contributed by atoms with Crippen molar-refractivity contribution in [3.05, 3.63) is 71.0 Å². The summed E-state index contributed by atoms with van der Waals surface area (Å²) in [7, 11) is 0. The van der Waals surface area contributed by atoms with Gasteiger partial charge >= 0.3 is 5.97 Å². The van der Waals surface area contributed by atoms with E-state index in [1.54, 1.807) is 0 Å². The highest BCUT2D eigenvalue weighted by Crippen LogP contribution is 2.14. The van der Waals surface area contributed by atoms with E-state index in [2.05, 4.69) is 0 Å². The molecule has 3 nitrogen and oxygen atoms in total. The van der Waals surface area contributed by atoms with Gasteiger partial charge in [-0.25, -0.2) is 9.18 Å². The van der Waals surface area contributed by atoms with Crippen LogP contribution in [0.2, 0.25) is 0 Å². The number of ether oxygens (including phenoxy) is 1. The molecule has 0 radical (unpaired) electrons. The van der Waals surface area contributed by atoms with Crippen LogP contribution in [0.1, 0.15) is 21.5 Å². The summed E-state index contributed by atoms with van der Waals surface area (Å²) in [5, 5.41) is 8.81. The molecule has 0 aliphatic rings. The molecule has 4 heteroatoms. The number of hydrogen-bond donors (Lipinski definition) is 1. The molecule has 0 aliphatic carbocycles. The second-order valence-corrected chi connectivity index (χ2v) is 4.06. The average Bonchev–Trinajstić information content (AvgIpc) is 2.41. The minimum Gasteiger partial charge on any atom is -0.478 e. The van der Waals surface area contributed by atoms with Crippen molar-refractivity contribution in [3.63, 3.8) is 0 Å². The van der Waals surface area contributed by atoms with Crippen molar-refractivity contribution in [2.45, 2.75) is 13.2 Å². The number of carboxylic acid groups (broad SMARTS) is 1. The van der Waals surface area contributed by atoms with Crippen LogP contribution in [-0.4, -0.2) is 11.1 Å². The standard InChI is InChI=1S/C15H13FO3/c16-14-12(7-4-8-13(14)15(17)18)10-19-9-11-5-2-1-3-6-11/h1-8H,9-10H2,(H,17,18). The Kier molecular flexibility index (Phi) is 4.26. The van der Waals surface area contributed by atoms with E-state index >= 15 is 0 Å². The average molecular weight is 260 g/mol. The van der Waals surface area contributed by atoms with Gasteiger partial charge in [-0.15, -0.1) is 0 Å². The zero-order valence-corrected chi connectivity index (χ0v) is 10.2. The maximum atomic E-state index is 13.8. The topological polar surface area (TPSA) is 46.5 Å². The number of halogens is 1. The first-order chi connectivity index (χ1) is 9.18. The van der Waals surface area contributed by atoms with E-state index in [-0.39, 0.29) is 17.7 Å². The second-order valence-electron chi connectivity index (χ2n) is 4.06. The maximum Gasteiger partial charge on any atom is 0.338 e. The van der Waals surface area contributed by atoms with Crippen LogP contribution in [0.4, 0.5) is 4.39 Å². The van der Waals surface area contributed by atoms with Gasteiger partial charge in [0.2, 0.25) is 0 Å². The van der Waals surface area contributed by atoms with E-state index < -0.39 is 11.8 Å². The highest BCUT2D eigenvalue weighted by Gasteiger charge is 2.13. The smallest absolute Gasteiger partial charge is 0.338 e. The number of hydrogen-bond acceptors (Lipinski definition) is 2. The Morgan fingerprint density at radius 2 is 1.79 bits per heavy atom. The molecule has 0 bridgehead atoms.